The quantitative estimate of drug-likeness (QED) is 0.842. The second-order valence-electron chi connectivity index (χ2n) is 7.05. The molecule has 2 N–H and O–H groups in total. The van der Waals surface area contributed by atoms with Crippen molar-refractivity contribution in [2.45, 2.75) is 31.3 Å². The molecule has 1 aliphatic carbocycles. The van der Waals surface area contributed by atoms with E-state index in [2.05, 4.69) is 15.6 Å². The summed E-state index contributed by atoms with van der Waals surface area (Å²) in [4.78, 5) is 30.0. The third kappa shape index (κ3) is 3.06. The van der Waals surface area contributed by atoms with Crippen LogP contribution in [0.15, 0.2) is 30.5 Å². The number of nitrogens with zero attached hydrogens (tertiary/aromatic N) is 2. The predicted molar refractivity (Wildman–Crippen MR) is 93.7 cm³/mol. The zero-order valence-corrected chi connectivity index (χ0v) is 14.9. The van der Waals surface area contributed by atoms with Crippen molar-refractivity contribution < 1.29 is 22.8 Å². The lowest BCUT2D eigenvalue weighted by atomic mass is 9.98. The number of carbonyl (C=O) groups is 2. The van der Waals surface area contributed by atoms with Crippen LogP contribution in [-0.4, -0.2) is 28.4 Å². The Morgan fingerprint density at radius 2 is 2.04 bits per heavy atom. The van der Waals surface area contributed by atoms with Crippen LogP contribution in [0, 0.1) is 17.5 Å². The standard InChI is InChI=1S/C19H17F3N4O2/c1-10(17-14(22)7-12(21)8-23-17)24-16(27)9-26-18(28)25-15-3-2-11(20)6-13(15)19(26)4-5-19/h2-3,6-8,10H,4-5,9H2,1H3,(H,24,27)(H,25,28)/t10-/m1/s1. The van der Waals surface area contributed by atoms with Gasteiger partial charge in [0.1, 0.15) is 24.0 Å². The summed E-state index contributed by atoms with van der Waals surface area (Å²) >= 11 is 0. The van der Waals surface area contributed by atoms with E-state index in [1.165, 1.54) is 30.0 Å². The number of urea groups is 1. The first-order chi connectivity index (χ1) is 13.3. The van der Waals surface area contributed by atoms with Crippen molar-refractivity contribution in [3.63, 3.8) is 0 Å². The summed E-state index contributed by atoms with van der Waals surface area (Å²) in [5, 5.41) is 5.23. The molecule has 0 unspecified atom stereocenters. The number of aromatic nitrogens is 1. The molecule has 0 bridgehead atoms. The van der Waals surface area contributed by atoms with Crippen LogP contribution >= 0.6 is 0 Å². The van der Waals surface area contributed by atoms with Gasteiger partial charge >= 0.3 is 6.03 Å². The molecule has 6 nitrogen and oxygen atoms in total. The van der Waals surface area contributed by atoms with Crippen LogP contribution in [0.25, 0.3) is 0 Å². The lowest BCUT2D eigenvalue weighted by molar-refractivity contribution is -0.123. The van der Waals surface area contributed by atoms with Gasteiger partial charge < -0.3 is 15.5 Å². The van der Waals surface area contributed by atoms with E-state index in [-0.39, 0.29) is 12.2 Å². The first kappa shape index (κ1) is 18.3. The second kappa shape index (κ2) is 6.50. The maximum Gasteiger partial charge on any atom is 0.323 e. The molecule has 2 heterocycles. The molecular weight excluding hydrogens is 373 g/mol. The van der Waals surface area contributed by atoms with Gasteiger partial charge in [0.05, 0.1) is 23.5 Å². The van der Waals surface area contributed by atoms with Gasteiger partial charge in [0.2, 0.25) is 5.91 Å². The van der Waals surface area contributed by atoms with Crippen LogP contribution < -0.4 is 10.6 Å². The number of nitrogens with one attached hydrogen (secondary N) is 2. The van der Waals surface area contributed by atoms with Crippen LogP contribution in [0.2, 0.25) is 0 Å². The summed E-state index contributed by atoms with van der Waals surface area (Å²) in [6.45, 7) is 1.23. The Kier molecular flexibility index (Phi) is 4.24. The first-order valence-electron chi connectivity index (χ1n) is 8.79. The summed E-state index contributed by atoms with van der Waals surface area (Å²) in [5.74, 6) is -2.63. The highest BCUT2D eigenvalue weighted by Crippen LogP contribution is 2.55. The molecule has 1 aromatic carbocycles. The Balaban J connectivity index is 1.51. The number of carbonyl (C=O) groups excluding carboxylic acids is 2. The van der Waals surface area contributed by atoms with E-state index >= 15 is 0 Å². The number of rotatable bonds is 4. The van der Waals surface area contributed by atoms with Gasteiger partial charge in [-0.2, -0.15) is 0 Å². The van der Waals surface area contributed by atoms with E-state index in [0.29, 0.717) is 30.2 Å². The molecule has 0 radical (unpaired) electrons. The summed E-state index contributed by atoms with van der Waals surface area (Å²) in [7, 11) is 0. The van der Waals surface area contributed by atoms with Crippen LogP contribution in [0.1, 0.15) is 37.1 Å². The number of hydrogen-bond donors (Lipinski definition) is 2. The van der Waals surface area contributed by atoms with Crippen molar-refractivity contribution >= 4 is 17.6 Å². The van der Waals surface area contributed by atoms with Gasteiger partial charge in [-0.05, 0) is 38.0 Å². The average molecular weight is 390 g/mol. The highest BCUT2D eigenvalue weighted by atomic mass is 19.1. The Labute approximate surface area is 158 Å². The lowest BCUT2D eigenvalue weighted by Gasteiger charge is -2.37. The van der Waals surface area contributed by atoms with Crippen molar-refractivity contribution in [2.75, 3.05) is 11.9 Å². The topological polar surface area (TPSA) is 74.3 Å². The first-order valence-corrected chi connectivity index (χ1v) is 8.79. The van der Waals surface area contributed by atoms with Crippen LogP contribution in [0.3, 0.4) is 0 Å². The fraction of sp³-hybridized carbons (Fsp3) is 0.316. The zero-order valence-electron chi connectivity index (χ0n) is 14.9. The number of amides is 3. The summed E-state index contributed by atoms with van der Waals surface area (Å²) < 4.78 is 40.5. The van der Waals surface area contributed by atoms with E-state index < -0.39 is 41.0 Å². The van der Waals surface area contributed by atoms with Crippen molar-refractivity contribution in [3.8, 4) is 0 Å². The molecule has 2 aromatic rings. The highest BCUT2D eigenvalue weighted by Gasteiger charge is 2.55. The van der Waals surface area contributed by atoms with E-state index in [0.717, 1.165) is 6.20 Å². The molecule has 1 spiro atoms. The number of fused-ring (bicyclic) bond motifs is 2. The molecule has 146 valence electrons. The van der Waals surface area contributed by atoms with E-state index in [1.807, 2.05) is 0 Å². The van der Waals surface area contributed by atoms with E-state index in [9.17, 15) is 22.8 Å². The number of benzene rings is 1. The lowest BCUT2D eigenvalue weighted by Crippen LogP contribution is -2.51. The maximum atomic E-state index is 13.8. The maximum absolute atomic E-state index is 13.8. The highest BCUT2D eigenvalue weighted by molar-refractivity contribution is 5.96. The molecule has 1 aromatic heterocycles. The number of pyridine rings is 1. The van der Waals surface area contributed by atoms with Gasteiger partial charge in [0.25, 0.3) is 0 Å². The van der Waals surface area contributed by atoms with Gasteiger partial charge in [0.15, 0.2) is 0 Å². The van der Waals surface area contributed by atoms with Gasteiger partial charge in [-0.1, -0.05) is 0 Å². The van der Waals surface area contributed by atoms with E-state index in [4.69, 9.17) is 0 Å². The smallest absolute Gasteiger partial charge is 0.323 e. The third-order valence-electron chi connectivity index (χ3n) is 5.14. The number of anilines is 1. The molecular formula is C19H17F3N4O2. The Hall–Kier alpha value is -3.10. The fourth-order valence-electron chi connectivity index (χ4n) is 3.66. The Bertz CT molecular complexity index is 978. The molecule has 1 aliphatic heterocycles. The normalized spacial score (nSPS) is 17.7. The van der Waals surface area contributed by atoms with Crippen LogP contribution in [-0.2, 0) is 10.3 Å². The van der Waals surface area contributed by atoms with Gasteiger partial charge in [0, 0.05) is 17.3 Å². The number of hydrogen-bond acceptors (Lipinski definition) is 3. The molecule has 9 heteroatoms. The summed E-state index contributed by atoms with van der Waals surface area (Å²) in [6.07, 6.45) is 2.10. The predicted octanol–water partition coefficient (Wildman–Crippen LogP) is 3.21. The molecule has 1 atom stereocenters. The van der Waals surface area contributed by atoms with Gasteiger partial charge in [-0.3, -0.25) is 9.78 Å². The SMILES string of the molecule is C[C@@H](NC(=O)CN1C(=O)Nc2ccc(F)cc2C12CC2)c1ncc(F)cc1F. The van der Waals surface area contributed by atoms with Crippen molar-refractivity contribution in [2.24, 2.45) is 0 Å². The molecule has 1 saturated carbocycles. The number of halogens is 3. The van der Waals surface area contributed by atoms with Crippen molar-refractivity contribution in [3.05, 3.63) is 59.2 Å². The molecule has 28 heavy (non-hydrogen) atoms. The molecule has 2 aliphatic rings. The van der Waals surface area contributed by atoms with Crippen LogP contribution in [0.4, 0.5) is 23.7 Å². The monoisotopic (exact) mass is 390 g/mol. The van der Waals surface area contributed by atoms with Crippen molar-refractivity contribution in [1.29, 1.82) is 0 Å². The van der Waals surface area contributed by atoms with Gasteiger partial charge in [-0.15, -0.1) is 0 Å². The average Bonchev–Trinajstić information content (AvgIpc) is 3.41. The zero-order chi connectivity index (χ0) is 20.1. The molecule has 1 fully saturated rings. The minimum atomic E-state index is -0.869. The summed E-state index contributed by atoms with van der Waals surface area (Å²) in [5.41, 5.74) is 0.358. The third-order valence-corrected chi connectivity index (χ3v) is 5.14. The van der Waals surface area contributed by atoms with Gasteiger partial charge in [-0.25, -0.2) is 18.0 Å². The largest absolute Gasteiger partial charge is 0.346 e. The minimum Gasteiger partial charge on any atom is -0.346 e. The fourth-order valence-corrected chi connectivity index (χ4v) is 3.66. The summed E-state index contributed by atoms with van der Waals surface area (Å²) in [6, 6.07) is 3.56. The Morgan fingerprint density at radius 3 is 2.71 bits per heavy atom. The molecule has 0 saturated heterocycles. The Morgan fingerprint density at radius 1 is 1.29 bits per heavy atom. The molecule has 4 rings (SSSR count). The minimum absolute atomic E-state index is 0.105. The second-order valence-corrected chi connectivity index (χ2v) is 7.05. The molecule has 3 amide bonds. The van der Waals surface area contributed by atoms with Crippen LogP contribution in [0.5, 0.6) is 0 Å². The van der Waals surface area contributed by atoms with E-state index in [1.54, 1.807) is 0 Å². The van der Waals surface area contributed by atoms with Crippen molar-refractivity contribution in [1.82, 2.24) is 15.2 Å².